The third kappa shape index (κ3) is 4.37. The maximum absolute atomic E-state index is 13.9. The Bertz CT molecular complexity index is 825. The van der Waals surface area contributed by atoms with Crippen LogP contribution in [0.1, 0.15) is 23.7 Å². The molecule has 1 fully saturated rings. The molecule has 1 aromatic rings. The molecule has 8 nitrogen and oxygen atoms in total. The van der Waals surface area contributed by atoms with Crippen molar-refractivity contribution in [1.29, 1.82) is 0 Å². The number of nitrogens with zero attached hydrogens (tertiary/aromatic N) is 1. The smallest absolute Gasteiger partial charge is 0.338 e. The Morgan fingerprint density at radius 1 is 1.36 bits per heavy atom. The minimum absolute atomic E-state index is 0.115. The molecular formula is C19H19FN2O6. The first-order chi connectivity index (χ1) is 13.3. The number of halogens is 1. The third-order valence-corrected chi connectivity index (χ3v) is 4.18. The molecule has 148 valence electrons. The molecule has 3 atom stereocenters. The van der Waals surface area contributed by atoms with E-state index in [1.165, 1.54) is 6.92 Å². The summed E-state index contributed by atoms with van der Waals surface area (Å²) in [5, 5.41) is 2.26. The molecule has 0 spiro atoms. The summed E-state index contributed by atoms with van der Waals surface area (Å²) in [5.41, 5.74) is 0.212. The van der Waals surface area contributed by atoms with Crippen molar-refractivity contribution < 1.29 is 33.0 Å². The molecule has 9 heteroatoms. The summed E-state index contributed by atoms with van der Waals surface area (Å²) in [5.74, 6) is -1.86. The molecule has 1 saturated heterocycles. The number of ether oxygens (including phenoxy) is 3. The first-order valence-electron chi connectivity index (χ1n) is 8.56. The van der Waals surface area contributed by atoms with Crippen LogP contribution in [0.4, 0.5) is 9.18 Å². The molecule has 1 aromatic carbocycles. The number of rotatable bonds is 5. The number of urea groups is 1. The van der Waals surface area contributed by atoms with Gasteiger partial charge in [-0.3, -0.25) is 9.69 Å². The molecule has 2 aliphatic rings. The fourth-order valence-electron chi connectivity index (χ4n) is 2.91. The molecule has 0 radical (unpaired) electrons. The molecule has 28 heavy (non-hydrogen) atoms. The van der Waals surface area contributed by atoms with Crippen molar-refractivity contribution in [3.8, 4) is 0 Å². The van der Waals surface area contributed by atoms with Gasteiger partial charge in [0, 0.05) is 19.5 Å². The van der Waals surface area contributed by atoms with Gasteiger partial charge in [-0.2, -0.15) is 0 Å². The van der Waals surface area contributed by atoms with Gasteiger partial charge in [-0.05, 0) is 12.1 Å². The van der Waals surface area contributed by atoms with E-state index in [2.05, 4.69) is 11.9 Å². The predicted molar refractivity (Wildman–Crippen MR) is 94.3 cm³/mol. The maximum atomic E-state index is 13.9. The van der Waals surface area contributed by atoms with Crippen LogP contribution in [0.2, 0.25) is 0 Å². The van der Waals surface area contributed by atoms with Crippen molar-refractivity contribution in [2.45, 2.75) is 31.8 Å². The SMILES string of the molecule is C=C1NC(=O)N([C@@H]2O[C@H](COC(=O)c3ccccc3)C[C@@H]2OC(C)=O)C=C1F. The summed E-state index contributed by atoms with van der Waals surface area (Å²) in [4.78, 5) is 36.6. The highest BCUT2D eigenvalue weighted by Gasteiger charge is 2.44. The summed E-state index contributed by atoms with van der Waals surface area (Å²) < 4.78 is 30.0. The molecule has 0 aliphatic carbocycles. The van der Waals surface area contributed by atoms with E-state index in [0.29, 0.717) is 5.56 Å². The van der Waals surface area contributed by atoms with Crippen LogP contribution in [0.5, 0.6) is 0 Å². The Balaban J connectivity index is 1.68. The quantitative estimate of drug-likeness (QED) is 0.775. The van der Waals surface area contributed by atoms with E-state index in [4.69, 9.17) is 14.2 Å². The second kappa shape index (κ2) is 8.22. The summed E-state index contributed by atoms with van der Waals surface area (Å²) >= 11 is 0. The number of amides is 2. The molecule has 3 rings (SSSR count). The number of esters is 2. The molecule has 2 amide bonds. The molecule has 1 N–H and O–H groups in total. The standard InChI is InChI=1S/C19H19FN2O6/c1-11-15(20)9-22(19(25)21-11)17-16(27-12(2)23)8-14(28-17)10-26-18(24)13-6-4-3-5-7-13/h3-7,9,14,16-17H,1,8,10H2,2H3,(H,21,25)/t14-,16-,17+/m0/s1. The van der Waals surface area contributed by atoms with Crippen molar-refractivity contribution in [2.75, 3.05) is 6.61 Å². The van der Waals surface area contributed by atoms with Crippen molar-refractivity contribution >= 4 is 18.0 Å². The molecule has 2 aliphatic heterocycles. The van der Waals surface area contributed by atoms with Gasteiger partial charge < -0.3 is 19.5 Å². The lowest BCUT2D eigenvalue weighted by molar-refractivity contribution is -0.153. The third-order valence-electron chi connectivity index (χ3n) is 4.18. The highest BCUT2D eigenvalue weighted by molar-refractivity contribution is 5.89. The minimum atomic E-state index is -1.07. The number of nitrogens with one attached hydrogen (secondary N) is 1. The molecule has 0 aromatic heterocycles. The first-order valence-corrected chi connectivity index (χ1v) is 8.56. The van der Waals surface area contributed by atoms with E-state index in [-0.39, 0.29) is 18.7 Å². The Labute approximate surface area is 160 Å². The van der Waals surface area contributed by atoms with Crippen LogP contribution in [0.15, 0.2) is 54.6 Å². The highest BCUT2D eigenvalue weighted by atomic mass is 19.1. The zero-order chi connectivity index (χ0) is 20.3. The number of hydrogen-bond donors (Lipinski definition) is 1. The fraction of sp³-hybridized carbons (Fsp3) is 0.316. The molecular weight excluding hydrogens is 371 g/mol. The lowest BCUT2D eigenvalue weighted by Gasteiger charge is -2.31. The van der Waals surface area contributed by atoms with E-state index in [1.54, 1.807) is 30.3 Å². The minimum Gasteiger partial charge on any atom is -0.459 e. The lowest BCUT2D eigenvalue weighted by atomic mass is 10.2. The van der Waals surface area contributed by atoms with Gasteiger partial charge in [0.1, 0.15) is 12.7 Å². The van der Waals surface area contributed by atoms with E-state index in [9.17, 15) is 18.8 Å². The molecule has 0 bridgehead atoms. The summed E-state index contributed by atoms with van der Waals surface area (Å²) in [6.07, 6.45) is -1.45. The normalized spacial score (nSPS) is 24.4. The van der Waals surface area contributed by atoms with Crippen LogP contribution >= 0.6 is 0 Å². The monoisotopic (exact) mass is 390 g/mol. The van der Waals surface area contributed by atoms with Gasteiger partial charge in [-0.25, -0.2) is 14.0 Å². The van der Waals surface area contributed by atoms with Gasteiger partial charge in [-0.15, -0.1) is 0 Å². The summed E-state index contributed by atoms with van der Waals surface area (Å²) in [6, 6.07) is 7.74. The fourth-order valence-corrected chi connectivity index (χ4v) is 2.91. The zero-order valence-corrected chi connectivity index (χ0v) is 15.1. The Morgan fingerprint density at radius 2 is 2.07 bits per heavy atom. The average molecular weight is 390 g/mol. The second-order valence-corrected chi connectivity index (χ2v) is 6.29. The zero-order valence-electron chi connectivity index (χ0n) is 15.1. The van der Waals surface area contributed by atoms with E-state index >= 15 is 0 Å². The number of carbonyl (C=O) groups excluding carboxylic acids is 3. The van der Waals surface area contributed by atoms with Crippen molar-refractivity contribution in [2.24, 2.45) is 0 Å². The van der Waals surface area contributed by atoms with Gasteiger partial charge >= 0.3 is 18.0 Å². The van der Waals surface area contributed by atoms with Gasteiger partial charge in [0.15, 0.2) is 12.1 Å². The van der Waals surface area contributed by atoms with Crippen molar-refractivity contribution in [1.82, 2.24) is 10.2 Å². The average Bonchev–Trinajstić information content (AvgIpc) is 3.05. The van der Waals surface area contributed by atoms with Gasteiger partial charge in [0.25, 0.3) is 0 Å². The number of benzene rings is 1. The van der Waals surface area contributed by atoms with Crippen LogP contribution in [0.25, 0.3) is 0 Å². The van der Waals surface area contributed by atoms with Gasteiger partial charge in [-0.1, -0.05) is 24.8 Å². The van der Waals surface area contributed by atoms with Gasteiger partial charge in [0.2, 0.25) is 0 Å². The predicted octanol–water partition coefficient (Wildman–Crippen LogP) is 2.24. The van der Waals surface area contributed by atoms with E-state index in [1.807, 2.05) is 0 Å². The lowest BCUT2D eigenvalue weighted by Crippen LogP contribution is -2.50. The van der Waals surface area contributed by atoms with Crippen molar-refractivity contribution in [3.05, 3.63) is 60.2 Å². The van der Waals surface area contributed by atoms with Gasteiger partial charge in [0.05, 0.1) is 17.4 Å². The van der Waals surface area contributed by atoms with Crippen LogP contribution in [-0.2, 0) is 19.0 Å². The number of allylic oxidation sites excluding steroid dienone is 1. The molecule has 0 saturated carbocycles. The van der Waals surface area contributed by atoms with Crippen LogP contribution in [-0.4, -0.2) is 47.9 Å². The van der Waals surface area contributed by atoms with E-state index < -0.39 is 42.2 Å². The number of hydrogen-bond acceptors (Lipinski definition) is 6. The first kappa shape index (κ1) is 19.6. The van der Waals surface area contributed by atoms with Crippen LogP contribution in [0, 0.1) is 0 Å². The highest BCUT2D eigenvalue weighted by Crippen LogP contribution is 2.29. The topological polar surface area (TPSA) is 94.2 Å². The molecule has 0 unspecified atom stereocenters. The Hall–Kier alpha value is -3.20. The second-order valence-electron chi connectivity index (χ2n) is 6.29. The largest absolute Gasteiger partial charge is 0.459 e. The van der Waals surface area contributed by atoms with Crippen LogP contribution in [0.3, 0.4) is 0 Å². The summed E-state index contributed by atoms with van der Waals surface area (Å²) in [6.45, 7) is 4.48. The summed E-state index contributed by atoms with van der Waals surface area (Å²) in [7, 11) is 0. The number of carbonyl (C=O) groups is 3. The Morgan fingerprint density at radius 3 is 2.75 bits per heavy atom. The molecule has 2 heterocycles. The van der Waals surface area contributed by atoms with Crippen LogP contribution < -0.4 is 5.32 Å². The van der Waals surface area contributed by atoms with E-state index in [0.717, 1.165) is 11.1 Å². The maximum Gasteiger partial charge on any atom is 0.338 e. The Kier molecular flexibility index (Phi) is 5.74. The van der Waals surface area contributed by atoms with Crippen molar-refractivity contribution in [3.63, 3.8) is 0 Å².